The van der Waals surface area contributed by atoms with E-state index in [1.807, 2.05) is 18.2 Å². The molecule has 0 aliphatic rings. The summed E-state index contributed by atoms with van der Waals surface area (Å²) in [6.45, 7) is 1.77. The Labute approximate surface area is 108 Å². The third kappa shape index (κ3) is 2.28. The molecule has 0 unspecified atom stereocenters. The second-order valence-electron chi connectivity index (χ2n) is 4.03. The number of carbonyl (C=O) groups is 1. The molecule has 1 N–H and O–H groups in total. The van der Waals surface area contributed by atoms with E-state index in [-0.39, 0.29) is 17.5 Å². The number of benzene rings is 1. The molecule has 1 amide bonds. The zero-order valence-electron chi connectivity index (χ0n) is 10.1. The lowest BCUT2D eigenvalue weighted by molar-refractivity contribution is 0.101. The van der Waals surface area contributed by atoms with Gasteiger partial charge in [0.05, 0.1) is 22.9 Å². The van der Waals surface area contributed by atoms with Gasteiger partial charge in [0.1, 0.15) is 5.69 Å². The van der Waals surface area contributed by atoms with Crippen LogP contribution in [0.3, 0.4) is 0 Å². The Balaban J connectivity index is 1.89. The number of nitrogens with zero attached hydrogens (tertiary/aromatic N) is 3. The molecule has 0 aliphatic heterocycles. The number of hydrogen-bond acceptors (Lipinski definition) is 5. The van der Waals surface area contributed by atoms with Crippen LogP contribution in [0.25, 0.3) is 11.0 Å². The van der Waals surface area contributed by atoms with E-state index in [1.54, 1.807) is 19.1 Å². The number of nitrogens with one attached hydrogen (secondary N) is 1. The van der Waals surface area contributed by atoms with Crippen molar-refractivity contribution < 1.29 is 9.32 Å². The first-order valence-corrected chi connectivity index (χ1v) is 5.69. The average Bonchev–Trinajstić information content (AvgIpc) is 2.83. The van der Waals surface area contributed by atoms with E-state index in [0.29, 0.717) is 11.2 Å². The molecule has 0 aliphatic carbocycles. The lowest BCUT2D eigenvalue weighted by Crippen LogP contribution is -2.13. The number of carbonyl (C=O) groups excluding carboxylic acids is 1. The number of hydrogen-bond donors (Lipinski definition) is 1. The maximum atomic E-state index is 12.0. The first-order chi connectivity index (χ1) is 9.22. The molecule has 6 nitrogen and oxygen atoms in total. The Kier molecular flexibility index (Phi) is 2.68. The summed E-state index contributed by atoms with van der Waals surface area (Å²) in [5.41, 5.74) is 2.34. The minimum Gasteiger partial charge on any atom is -0.338 e. The lowest BCUT2D eigenvalue weighted by atomic mass is 10.3. The second-order valence-corrected chi connectivity index (χ2v) is 4.03. The van der Waals surface area contributed by atoms with E-state index < -0.39 is 0 Å². The van der Waals surface area contributed by atoms with Crippen molar-refractivity contribution in [2.45, 2.75) is 6.92 Å². The number of rotatable bonds is 2. The molecule has 0 bridgehead atoms. The molecular formula is C13H10N4O2. The summed E-state index contributed by atoms with van der Waals surface area (Å²) in [6.07, 6.45) is 1.43. The quantitative estimate of drug-likeness (QED) is 0.758. The molecule has 0 atom stereocenters. The van der Waals surface area contributed by atoms with Crippen LogP contribution in [-0.4, -0.2) is 21.0 Å². The van der Waals surface area contributed by atoms with Crippen molar-refractivity contribution in [3.05, 3.63) is 47.9 Å². The minimum atomic E-state index is -0.380. The monoisotopic (exact) mass is 254 g/mol. The van der Waals surface area contributed by atoms with Crippen LogP contribution in [0, 0.1) is 6.92 Å². The summed E-state index contributed by atoms with van der Waals surface area (Å²) in [6, 6.07) is 8.99. The highest BCUT2D eigenvalue weighted by molar-refractivity contribution is 6.02. The van der Waals surface area contributed by atoms with Gasteiger partial charge in [0.2, 0.25) is 5.88 Å². The van der Waals surface area contributed by atoms with Crippen LogP contribution < -0.4 is 5.32 Å². The van der Waals surface area contributed by atoms with E-state index in [9.17, 15) is 4.79 Å². The summed E-state index contributed by atoms with van der Waals surface area (Å²) >= 11 is 0. The summed E-state index contributed by atoms with van der Waals surface area (Å²) in [5, 5.41) is 6.26. The van der Waals surface area contributed by atoms with Crippen molar-refractivity contribution in [2.75, 3.05) is 5.32 Å². The molecular weight excluding hydrogens is 244 g/mol. The van der Waals surface area contributed by atoms with Crippen LogP contribution in [0.15, 0.2) is 41.1 Å². The molecule has 0 saturated heterocycles. The van der Waals surface area contributed by atoms with Gasteiger partial charge in [-0.15, -0.1) is 0 Å². The van der Waals surface area contributed by atoms with E-state index in [1.165, 1.54) is 6.20 Å². The van der Waals surface area contributed by atoms with Crippen LogP contribution >= 0.6 is 0 Å². The molecule has 2 heterocycles. The van der Waals surface area contributed by atoms with Gasteiger partial charge in [0.25, 0.3) is 5.91 Å². The van der Waals surface area contributed by atoms with Crippen molar-refractivity contribution in [1.29, 1.82) is 0 Å². The fourth-order valence-electron chi connectivity index (χ4n) is 1.67. The Morgan fingerprint density at radius 3 is 2.79 bits per heavy atom. The van der Waals surface area contributed by atoms with Crippen LogP contribution in [0.4, 0.5) is 5.88 Å². The molecule has 0 fully saturated rings. The SMILES string of the molecule is Cc1cc(NC(=O)c2cnc3ccccc3n2)on1. The molecule has 1 aromatic carbocycles. The molecule has 0 radical (unpaired) electrons. The third-order valence-corrected chi connectivity index (χ3v) is 2.55. The fourth-order valence-corrected chi connectivity index (χ4v) is 1.67. The van der Waals surface area contributed by atoms with Gasteiger partial charge in [0, 0.05) is 6.07 Å². The van der Waals surface area contributed by atoms with Gasteiger partial charge < -0.3 is 4.52 Å². The number of amides is 1. The Morgan fingerprint density at radius 1 is 1.26 bits per heavy atom. The second kappa shape index (κ2) is 4.49. The zero-order chi connectivity index (χ0) is 13.2. The smallest absolute Gasteiger partial charge is 0.278 e. The number of fused-ring (bicyclic) bond motifs is 1. The Hall–Kier alpha value is -2.76. The van der Waals surface area contributed by atoms with Crippen molar-refractivity contribution in [1.82, 2.24) is 15.1 Å². The number of anilines is 1. The van der Waals surface area contributed by atoms with Gasteiger partial charge >= 0.3 is 0 Å². The van der Waals surface area contributed by atoms with E-state index in [2.05, 4.69) is 20.4 Å². The Bertz CT molecular complexity index is 751. The van der Waals surface area contributed by atoms with Crippen molar-refractivity contribution >= 4 is 22.8 Å². The van der Waals surface area contributed by atoms with Gasteiger partial charge in [-0.25, -0.2) is 4.98 Å². The summed E-state index contributed by atoms with van der Waals surface area (Å²) in [5.74, 6) is -0.0909. The maximum Gasteiger partial charge on any atom is 0.278 e. The van der Waals surface area contributed by atoms with Gasteiger partial charge in [-0.3, -0.25) is 15.1 Å². The molecule has 2 aromatic heterocycles. The third-order valence-electron chi connectivity index (χ3n) is 2.55. The van der Waals surface area contributed by atoms with Crippen LogP contribution in [0.1, 0.15) is 16.2 Å². The molecule has 3 aromatic rings. The molecule has 19 heavy (non-hydrogen) atoms. The van der Waals surface area contributed by atoms with Crippen LogP contribution in [0.2, 0.25) is 0 Å². The predicted octanol–water partition coefficient (Wildman–Crippen LogP) is 2.18. The maximum absolute atomic E-state index is 12.0. The van der Waals surface area contributed by atoms with Gasteiger partial charge in [0.15, 0.2) is 0 Å². The number of aryl methyl sites for hydroxylation is 1. The van der Waals surface area contributed by atoms with Gasteiger partial charge in [-0.1, -0.05) is 17.3 Å². The van der Waals surface area contributed by atoms with Crippen LogP contribution in [0.5, 0.6) is 0 Å². The van der Waals surface area contributed by atoms with Crippen molar-refractivity contribution in [2.24, 2.45) is 0 Å². The fraction of sp³-hybridized carbons (Fsp3) is 0.0769. The van der Waals surface area contributed by atoms with Crippen molar-refractivity contribution in [3.63, 3.8) is 0 Å². The lowest BCUT2D eigenvalue weighted by Gasteiger charge is -2.01. The standard InChI is InChI=1S/C13H10N4O2/c1-8-6-12(19-17-8)16-13(18)11-7-14-9-4-2-3-5-10(9)15-11/h2-7H,1H3,(H,16,18). The van der Waals surface area contributed by atoms with E-state index in [4.69, 9.17) is 4.52 Å². The largest absolute Gasteiger partial charge is 0.338 e. The molecule has 3 rings (SSSR count). The average molecular weight is 254 g/mol. The molecule has 0 spiro atoms. The first kappa shape index (κ1) is 11.3. The normalized spacial score (nSPS) is 10.6. The number of para-hydroxylation sites is 2. The highest BCUT2D eigenvalue weighted by atomic mass is 16.5. The van der Waals surface area contributed by atoms with Gasteiger partial charge in [-0.05, 0) is 19.1 Å². The van der Waals surface area contributed by atoms with Crippen LogP contribution in [-0.2, 0) is 0 Å². The molecule has 94 valence electrons. The zero-order valence-corrected chi connectivity index (χ0v) is 10.1. The topological polar surface area (TPSA) is 80.9 Å². The highest BCUT2D eigenvalue weighted by Gasteiger charge is 2.11. The minimum absolute atomic E-state index is 0.229. The van der Waals surface area contributed by atoms with E-state index >= 15 is 0 Å². The molecule has 0 saturated carbocycles. The number of aromatic nitrogens is 3. The first-order valence-electron chi connectivity index (χ1n) is 5.69. The van der Waals surface area contributed by atoms with E-state index in [0.717, 1.165) is 5.52 Å². The summed E-state index contributed by atoms with van der Waals surface area (Å²) in [4.78, 5) is 20.4. The summed E-state index contributed by atoms with van der Waals surface area (Å²) < 4.78 is 4.91. The highest BCUT2D eigenvalue weighted by Crippen LogP contribution is 2.12. The van der Waals surface area contributed by atoms with Crippen molar-refractivity contribution in [3.8, 4) is 0 Å². The summed E-state index contributed by atoms with van der Waals surface area (Å²) in [7, 11) is 0. The Morgan fingerprint density at radius 2 is 2.05 bits per heavy atom. The molecule has 6 heteroatoms. The predicted molar refractivity (Wildman–Crippen MR) is 68.7 cm³/mol. The van der Waals surface area contributed by atoms with Gasteiger partial charge in [-0.2, -0.15) is 0 Å².